The maximum atomic E-state index is 6.63. The Hall–Kier alpha value is -5.02. The van der Waals surface area contributed by atoms with Gasteiger partial charge in [-0.05, 0) is 42.8 Å². The van der Waals surface area contributed by atoms with Crippen molar-refractivity contribution in [3.8, 4) is 0 Å². The summed E-state index contributed by atoms with van der Waals surface area (Å²) in [7, 11) is 0. The van der Waals surface area contributed by atoms with Crippen LogP contribution in [0.1, 0.15) is 5.56 Å². The average Bonchev–Trinajstić information content (AvgIpc) is 3.54. The van der Waals surface area contributed by atoms with E-state index in [1.807, 2.05) is 12.1 Å². The van der Waals surface area contributed by atoms with Crippen molar-refractivity contribution in [2.45, 2.75) is 6.92 Å². The Kier molecular flexibility index (Phi) is 4.44. The minimum atomic E-state index is 0.877. The molecule has 0 amide bonds. The molecule has 3 nitrogen and oxygen atoms in total. The molecule has 2 aromatic heterocycles. The lowest BCUT2D eigenvalue weighted by atomic mass is 10.0. The number of benzene rings is 6. The van der Waals surface area contributed by atoms with Crippen molar-refractivity contribution in [1.29, 1.82) is 0 Å². The van der Waals surface area contributed by atoms with Gasteiger partial charge >= 0.3 is 0 Å². The van der Waals surface area contributed by atoms with Crippen LogP contribution >= 0.6 is 0 Å². The number of para-hydroxylation sites is 4. The number of aryl methyl sites for hydroxylation is 1. The first-order chi connectivity index (χ1) is 18.8. The third kappa shape index (κ3) is 2.96. The second-order valence-electron chi connectivity index (χ2n) is 9.79. The Morgan fingerprint density at radius 3 is 1.92 bits per heavy atom. The van der Waals surface area contributed by atoms with Crippen LogP contribution in [0.3, 0.4) is 0 Å². The monoisotopic (exact) mass is 489 g/mol. The first-order valence-electron chi connectivity index (χ1n) is 12.9. The number of furan rings is 2. The second-order valence-corrected chi connectivity index (χ2v) is 9.79. The third-order valence-electron chi connectivity index (χ3n) is 7.56. The molecule has 8 rings (SSSR count). The quantitative estimate of drug-likeness (QED) is 0.247. The summed E-state index contributed by atoms with van der Waals surface area (Å²) in [5, 5.41) is 6.66. The second kappa shape index (κ2) is 7.99. The van der Waals surface area contributed by atoms with E-state index in [0.29, 0.717) is 0 Å². The molecule has 0 bridgehead atoms. The minimum absolute atomic E-state index is 0.877. The third-order valence-corrected chi connectivity index (χ3v) is 7.56. The first kappa shape index (κ1) is 21.1. The lowest BCUT2D eigenvalue weighted by molar-refractivity contribution is 0.666. The van der Waals surface area contributed by atoms with E-state index in [9.17, 15) is 0 Å². The normalized spacial score (nSPS) is 11.8. The Bertz CT molecular complexity index is 2150. The zero-order valence-electron chi connectivity index (χ0n) is 20.8. The molecule has 0 spiro atoms. The van der Waals surface area contributed by atoms with Crippen LogP contribution in [0, 0.1) is 6.92 Å². The number of hydrogen-bond acceptors (Lipinski definition) is 3. The summed E-state index contributed by atoms with van der Waals surface area (Å²) in [5.74, 6) is 0. The number of rotatable bonds is 3. The van der Waals surface area contributed by atoms with Gasteiger partial charge in [0.15, 0.2) is 5.58 Å². The molecule has 6 aromatic carbocycles. The molecule has 38 heavy (non-hydrogen) atoms. The maximum Gasteiger partial charge on any atom is 0.159 e. The molecule has 0 atom stereocenters. The van der Waals surface area contributed by atoms with E-state index in [2.05, 4.69) is 121 Å². The molecule has 0 unspecified atom stereocenters. The lowest BCUT2D eigenvalue weighted by Crippen LogP contribution is -2.10. The van der Waals surface area contributed by atoms with Crippen LogP contribution in [0.15, 0.2) is 130 Å². The summed E-state index contributed by atoms with van der Waals surface area (Å²) in [6.45, 7) is 2.10. The maximum absolute atomic E-state index is 6.63. The van der Waals surface area contributed by atoms with Gasteiger partial charge in [0.05, 0.1) is 11.4 Å². The summed E-state index contributed by atoms with van der Waals surface area (Å²) in [6.07, 6.45) is 0. The van der Waals surface area contributed by atoms with Crippen molar-refractivity contribution < 1.29 is 8.83 Å². The Morgan fingerprint density at radius 2 is 1.08 bits per heavy atom. The standard InChI is InChI=1S/C35H23NO2/c1-22-11-9-17-27-28-18-10-19-30(35(28)38-33(22)27)36(23-12-3-2-4-13-23)31-21-29-25-15-7-8-20-32(25)37-34(29)26-16-6-5-14-24(26)31/h2-21H,1H3. The SMILES string of the molecule is Cc1cccc2c1oc1c(N(c3ccccc3)c3cc4c5ccccc5oc4c4ccccc34)cccc12. The van der Waals surface area contributed by atoms with E-state index in [4.69, 9.17) is 8.83 Å². The average molecular weight is 490 g/mol. The van der Waals surface area contributed by atoms with Gasteiger partial charge in [0, 0.05) is 38.0 Å². The smallest absolute Gasteiger partial charge is 0.159 e. The Labute approximate surface area is 219 Å². The van der Waals surface area contributed by atoms with Gasteiger partial charge in [0.1, 0.15) is 16.7 Å². The zero-order chi connectivity index (χ0) is 25.2. The van der Waals surface area contributed by atoms with Gasteiger partial charge in [0.2, 0.25) is 0 Å². The van der Waals surface area contributed by atoms with Crippen LogP contribution < -0.4 is 4.90 Å². The van der Waals surface area contributed by atoms with Gasteiger partial charge in [-0.25, -0.2) is 0 Å². The molecular weight excluding hydrogens is 466 g/mol. The Morgan fingerprint density at radius 1 is 0.447 bits per heavy atom. The fourth-order valence-electron chi connectivity index (χ4n) is 5.82. The van der Waals surface area contributed by atoms with E-state index < -0.39 is 0 Å². The molecule has 0 aliphatic carbocycles. The number of anilines is 3. The molecule has 0 saturated carbocycles. The van der Waals surface area contributed by atoms with Crippen molar-refractivity contribution >= 4 is 71.7 Å². The summed E-state index contributed by atoms with van der Waals surface area (Å²) in [4.78, 5) is 2.32. The van der Waals surface area contributed by atoms with Gasteiger partial charge < -0.3 is 13.7 Å². The van der Waals surface area contributed by atoms with Crippen LogP contribution in [0.4, 0.5) is 17.1 Å². The summed E-state index contributed by atoms with van der Waals surface area (Å²) in [5.41, 5.74) is 7.90. The van der Waals surface area contributed by atoms with Gasteiger partial charge in [-0.3, -0.25) is 0 Å². The highest BCUT2D eigenvalue weighted by Gasteiger charge is 2.23. The zero-order valence-corrected chi connectivity index (χ0v) is 20.8. The predicted octanol–water partition coefficient (Wildman–Crippen LogP) is 10.4. The van der Waals surface area contributed by atoms with E-state index in [-0.39, 0.29) is 0 Å². The summed E-state index contributed by atoms with van der Waals surface area (Å²) < 4.78 is 13.0. The van der Waals surface area contributed by atoms with Crippen LogP contribution in [0.2, 0.25) is 0 Å². The molecule has 0 aliphatic rings. The van der Waals surface area contributed by atoms with Gasteiger partial charge in [-0.2, -0.15) is 0 Å². The van der Waals surface area contributed by atoms with Crippen LogP contribution in [-0.4, -0.2) is 0 Å². The summed E-state index contributed by atoms with van der Waals surface area (Å²) in [6, 6.07) is 42.3. The van der Waals surface area contributed by atoms with Crippen LogP contribution in [-0.2, 0) is 0 Å². The van der Waals surface area contributed by atoms with Crippen LogP contribution in [0.25, 0.3) is 54.6 Å². The highest BCUT2D eigenvalue weighted by atomic mass is 16.3. The van der Waals surface area contributed by atoms with E-state index >= 15 is 0 Å². The number of fused-ring (bicyclic) bond motifs is 8. The molecular formula is C35H23NO2. The van der Waals surface area contributed by atoms with Crippen molar-refractivity contribution in [1.82, 2.24) is 0 Å². The van der Waals surface area contributed by atoms with E-state index in [0.717, 1.165) is 77.3 Å². The van der Waals surface area contributed by atoms with E-state index in [1.165, 1.54) is 0 Å². The van der Waals surface area contributed by atoms with Crippen molar-refractivity contribution in [3.05, 3.63) is 127 Å². The largest absolute Gasteiger partial charge is 0.455 e. The Balaban J connectivity index is 1.52. The molecule has 0 radical (unpaired) electrons. The van der Waals surface area contributed by atoms with Crippen molar-refractivity contribution in [2.75, 3.05) is 4.90 Å². The predicted molar refractivity (Wildman–Crippen MR) is 158 cm³/mol. The molecule has 0 aliphatic heterocycles. The molecule has 3 heteroatoms. The molecule has 2 heterocycles. The minimum Gasteiger partial charge on any atom is -0.455 e. The number of hydrogen-bond donors (Lipinski definition) is 0. The fourth-order valence-corrected chi connectivity index (χ4v) is 5.82. The van der Waals surface area contributed by atoms with Crippen molar-refractivity contribution in [2.24, 2.45) is 0 Å². The lowest BCUT2D eigenvalue weighted by Gasteiger charge is -2.27. The highest BCUT2D eigenvalue weighted by molar-refractivity contribution is 6.20. The number of nitrogens with zero attached hydrogens (tertiary/aromatic N) is 1. The van der Waals surface area contributed by atoms with Crippen molar-refractivity contribution in [3.63, 3.8) is 0 Å². The van der Waals surface area contributed by atoms with Gasteiger partial charge in [0.25, 0.3) is 0 Å². The molecule has 180 valence electrons. The fraction of sp³-hybridized carbons (Fsp3) is 0.0286. The molecule has 0 saturated heterocycles. The molecule has 8 aromatic rings. The summed E-state index contributed by atoms with van der Waals surface area (Å²) >= 11 is 0. The topological polar surface area (TPSA) is 29.5 Å². The highest BCUT2D eigenvalue weighted by Crippen LogP contribution is 2.47. The van der Waals surface area contributed by atoms with E-state index in [1.54, 1.807) is 0 Å². The van der Waals surface area contributed by atoms with Gasteiger partial charge in [-0.15, -0.1) is 0 Å². The van der Waals surface area contributed by atoms with Crippen LogP contribution in [0.5, 0.6) is 0 Å². The molecule has 0 fully saturated rings. The van der Waals surface area contributed by atoms with Gasteiger partial charge in [-0.1, -0.05) is 91.0 Å². The molecule has 0 N–H and O–H groups in total. The first-order valence-corrected chi connectivity index (χ1v) is 12.9.